The van der Waals surface area contributed by atoms with Crippen LogP contribution in [0.2, 0.25) is 0 Å². The van der Waals surface area contributed by atoms with E-state index in [-0.39, 0.29) is 40.9 Å². The highest BCUT2D eigenvalue weighted by atomic mass is 35.5. The van der Waals surface area contributed by atoms with E-state index in [2.05, 4.69) is 6.92 Å². The standard InChI is InChI=1S/C21H26ClF5O2/c1-17-8-7-15(28)16(22)14(17)4-3-11-12(17)5-9-18(2)13(11)6-10-19(18,29)20(23,24)21(25,26)27/h11-13,29H,3-10H2,1-2H3/t11-,12+,13+,17-,18+,19+/m1/s1. The minimum absolute atomic E-state index is 0.0572. The molecular weight excluding hydrogens is 415 g/mol. The highest BCUT2D eigenvalue weighted by Crippen LogP contribution is 2.71. The van der Waals surface area contributed by atoms with Gasteiger partial charge < -0.3 is 5.11 Å². The van der Waals surface area contributed by atoms with Gasteiger partial charge in [-0.25, -0.2) is 0 Å². The molecule has 2 nitrogen and oxygen atoms in total. The normalized spacial score (nSPS) is 45.7. The lowest BCUT2D eigenvalue weighted by Crippen LogP contribution is -2.65. The van der Waals surface area contributed by atoms with Gasteiger partial charge in [-0.2, -0.15) is 22.0 Å². The Hall–Kier alpha value is -0.690. The summed E-state index contributed by atoms with van der Waals surface area (Å²) < 4.78 is 68.5. The Bertz CT molecular complexity index is 778. The molecule has 4 aliphatic carbocycles. The third-order valence-corrected chi connectivity index (χ3v) is 9.52. The average Bonchev–Trinajstić information content (AvgIpc) is 2.90. The van der Waals surface area contributed by atoms with Crippen LogP contribution < -0.4 is 0 Å². The number of carbonyl (C=O) groups excluding carboxylic acids is 1. The molecule has 0 amide bonds. The number of carbonyl (C=O) groups is 1. The molecule has 4 rings (SSSR count). The Morgan fingerprint density at radius 1 is 0.966 bits per heavy atom. The van der Waals surface area contributed by atoms with Crippen molar-refractivity contribution in [2.24, 2.45) is 28.6 Å². The zero-order valence-electron chi connectivity index (χ0n) is 16.5. The number of fused-ring (bicyclic) bond motifs is 5. The second-order valence-corrected chi connectivity index (χ2v) is 10.4. The third-order valence-electron chi connectivity index (χ3n) is 9.08. The molecule has 29 heavy (non-hydrogen) atoms. The van der Waals surface area contributed by atoms with E-state index in [9.17, 15) is 31.9 Å². The van der Waals surface area contributed by atoms with Crippen LogP contribution in [0.4, 0.5) is 22.0 Å². The maximum atomic E-state index is 14.5. The summed E-state index contributed by atoms with van der Waals surface area (Å²) in [6.45, 7) is 3.48. The van der Waals surface area contributed by atoms with Crippen molar-refractivity contribution in [3.05, 3.63) is 10.6 Å². The smallest absolute Gasteiger partial charge is 0.383 e. The number of aliphatic hydroxyl groups is 1. The van der Waals surface area contributed by atoms with Crippen LogP contribution in [0.1, 0.15) is 65.2 Å². The summed E-state index contributed by atoms with van der Waals surface area (Å²) in [5, 5.41) is 11.1. The Kier molecular flexibility index (Phi) is 4.59. The zero-order valence-corrected chi connectivity index (χ0v) is 17.3. The Morgan fingerprint density at radius 3 is 2.21 bits per heavy atom. The van der Waals surface area contributed by atoms with Gasteiger partial charge in [-0.1, -0.05) is 25.4 Å². The number of alkyl halides is 5. The fourth-order valence-corrected chi connectivity index (χ4v) is 7.82. The fourth-order valence-electron chi connectivity index (χ4n) is 7.42. The van der Waals surface area contributed by atoms with Gasteiger partial charge in [0.1, 0.15) is 5.60 Å². The summed E-state index contributed by atoms with van der Waals surface area (Å²) in [5.41, 5.74) is -4.00. The highest BCUT2D eigenvalue weighted by molar-refractivity contribution is 6.43. The molecule has 164 valence electrons. The van der Waals surface area contributed by atoms with Gasteiger partial charge >= 0.3 is 12.1 Å². The van der Waals surface area contributed by atoms with Crippen molar-refractivity contribution in [1.29, 1.82) is 0 Å². The van der Waals surface area contributed by atoms with E-state index in [1.54, 1.807) is 0 Å². The van der Waals surface area contributed by atoms with E-state index >= 15 is 0 Å². The van der Waals surface area contributed by atoms with E-state index < -0.39 is 35.5 Å². The number of rotatable bonds is 1. The molecule has 0 spiro atoms. The monoisotopic (exact) mass is 440 g/mol. The molecule has 0 aromatic heterocycles. The molecule has 0 aromatic carbocycles. The van der Waals surface area contributed by atoms with Crippen molar-refractivity contribution in [1.82, 2.24) is 0 Å². The molecule has 6 atom stereocenters. The summed E-state index contributed by atoms with van der Waals surface area (Å²) in [6.07, 6.45) is -3.50. The van der Waals surface area contributed by atoms with Gasteiger partial charge in [-0.3, -0.25) is 4.79 Å². The highest BCUT2D eigenvalue weighted by Gasteiger charge is 2.79. The zero-order chi connectivity index (χ0) is 21.6. The lowest BCUT2D eigenvalue weighted by molar-refractivity contribution is -0.363. The Morgan fingerprint density at radius 2 is 1.59 bits per heavy atom. The van der Waals surface area contributed by atoms with Crippen molar-refractivity contribution in [3.8, 4) is 0 Å². The van der Waals surface area contributed by atoms with Crippen molar-refractivity contribution in [2.75, 3.05) is 0 Å². The predicted molar refractivity (Wildman–Crippen MR) is 97.5 cm³/mol. The topological polar surface area (TPSA) is 37.3 Å². The molecular formula is C21H26ClF5O2. The first-order valence-corrected chi connectivity index (χ1v) is 10.7. The lowest BCUT2D eigenvalue weighted by atomic mass is 9.46. The summed E-state index contributed by atoms with van der Waals surface area (Å²) in [4.78, 5) is 12.1. The first kappa shape index (κ1) is 21.5. The van der Waals surface area contributed by atoms with Crippen molar-refractivity contribution < 1.29 is 31.9 Å². The first-order valence-electron chi connectivity index (χ1n) is 10.3. The average molecular weight is 441 g/mol. The van der Waals surface area contributed by atoms with E-state index in [4.69, 9.17) is 11.6 Å². The van der Waals surface area contributed by atoms with Gasteiger partial charge in [0, 0.05) is 11.8 Å². The molecule has 1 N–H and O–H groups in total. The minimum Gasteiger partial charge on any atom is -0.383 e. The summed E-state index contributed by atoms with van der Waals surface area (Å²) in [7, 11) is 0. The maximum absolute atomic E-state index is 14.5. The first-order chi connectivity index (χ1) is 13.2. The molecule has 0 radical (unpaired) electrons. The maximum Gasteiger partial charge on any atom is 0.456 e. The van der Waals surface area contributed by atoms with Gasteiger partial charge in [0.15, 0.2) is 5.78 Å². The van der Waals surface area contributed by atoms with Gasteiger partial charge in [-0.15, -0.1) is 0 Å². The van der Waals surface area contributed by atoms with E-state index in [0.717, 1.165) is 5.57 Å². The molecule has 8 heteroatoms. The summed E-state index contributed by atoms with van der Waals surface area (Å²) >= 11 is 6.32. The quantitative estimate of drug-likeness (QED) is 0.507. The number of hydrogen-bond donors (Lipinski definition) is 1. The number of Topliss-reactive ketones (excluding diaryl/α,β-unsaturated/α-hetero) is 1. The van der Waals surface area contributed by atoms with Crippen LogP contribution in [0.25, 0.3) is 0 Å². The SMILES string of the molecule is C[C@]12CCC(=O)C(Cl)=C1CC[C@@H]1[C@@H]2CC[C@@]2(C)[C@H]1CC[C@@]2(O)C(F)(F)C(F)(F)F. The van der Waals surface area contributed by atoms with Gasteiger partial charge in [0.2, 0.25) is 0 Å². The molecule has 0 heterocycles. The Balaban J connectivity index is 1.72. The lowest BCUT2D eigenvalue weighted by Gasteiger charge is -2.59. The van der Waals surface area contributed by atoms with Crippen LogP contribution in [-0.4, -0.2) is 28.6 Å². The Labute approximate surface area is 171 Å². The molecule has 4 aliphatic rings. The van der Waals surface area contributed by atoms with Gasteiger partial charge in [-0.05, 0) is 73.7 Å². The predicted octanol–water partition coefficient (Wildman–Crippen LogP) is 6.01. The van der Waals surface area contributed by atoms with Crippen LogP contribution in [0.5, 0.6) is 0 Å². The van der Waals surface area contributed by atoms with Crippen LogP contribution in [0, 0.1) is 28.6 Å². The molecule has 0 aromatic rings. The summed E-state index contributed by atoms with van der Waals surface area (Å²) in [5.74, 6) is -5.61. The van der Waals surface area contributed by atoms with Gasteiger partial charge in [0.05, 0.1) is 5.03 Å². The molecule has 0 aliphatic heterocycles. The second-order valence-electron chi connectivity index (χ2n) is 9.98. The number of hydrogen-bond acceptors (Lipinski definition) is 2. The minimum atomic E-state index is -5.79. The van der Waals surface area contributed by atoms with Crippen molar-refractivity contribution in [2.45, 2.75) is 82.9 Å². The molecule has 0 saturated heterocycles. The fraction of sp³-hybridized carbons (Fsp3) is 0.857. The molecule has 3 saturated carbocycles. The van der Waals surface area contributed by atoms with Crippen LogP contribution in [0.3, 0.4) is 0 Å². The van der Waals surface area contributed by atoms with E-state index in [1.165, 1.54) is 6.92 Å². The van der Waals surface area contributed by atoms with E-state index in [1.807, 2.05) is 0 Å². The molecule has 3 fully saturated rings. The second kappa shape index (κ2) is 6.18. The van der Waals surface area contributed by atoms with Crippen molar-refractivity contribution in [3.63, 3.8) is 0 Å². The largest absolute Gasteiger partial charge is 0.456 e. The number of halogens is 6. The van der Waals surface area contributed by atoms with Crippen LogP contribution in [-0.2, 0) is 4.79 Å². The van der Waals surface area contributed by atoms with Crippen LogP contribution in [0.15, 0.2) is 10.6 Å². The van der Waals surface area contributed by atoms with Gasteiger partial charge in [0.25, 0.3) is 0 Å². The molecule has 0 unspecified atom stereocenters. The van der Waals surface area contributed by atoms with E-state index in [0.29, 0.717) is 32.1 Å². The number of ketones is 1. The third kappa shape index (κ3) is 2.52. The van der Waals surface area contributed by atoms with Crippen molar-refractivity contribution >= 4 is 17.4 Å². The number of allylic oxidation sites excluding steroid dienone is 1. The molecule has 0 bridgehead atoms. The van der Waals surface area contributed by atoms with Crippen LogP contribution >= 0.6 is 11.6 Å². The summed E-state index contributed by atoms with van der Waals surface area (Å²) in [6, 6.07) is 0.